The topological polar surface area (TPSA) is 73.0 Å². The van der Waals surface area contributed by atoms with Crippen LogP contribution < -0.4 is 5.32 Å². The van der Waals surface area contributed by atoms with E-state index in [0.717, 1.165) is 11.1 Å². The van der Waals surface area contributed by atoms with E-state index >= 15 is 0 Å². The van der Waals surface area contributed by atoms with Crippen molar-refractivity contribution in [3.8, 4) is 11.6 Å². The predicted octanol–water partition coefficient (Wildman–Crippen LogP) is 4.80. The second-order valence-electron chi connectivity index (χ2n) is 6.26. The van der Waals surface area contributed by atoms with Gasteiger partial charge in [-0.05, 0) is 42.8 Å². The molecule has 0 unspecified atom stereocenters. The van der Waals surface area contributed by atoms with Crippen molar-refractivity contribution in [2.24, 2.45) is 0 Å². The van der Waals surface area contributed by atoms with Crippen LogP contribution in [-0.4, -0.2) is 20.7 Å². The third kappa shape index (κ3) is 3.68. The highest BCUT2D eigenvalue weighted by Gasteiger charge is 2.20. The van der Waals surface area contributed by atoms with Gasteiger partial charge in [0.05, 0.1) is 6.26 Å². The van der Waals surface area contributed by atoms with Gasteiger partial charge < -0.3 is 9.73 Å². The monoisotopic (exact) mass is 392 g/mol. The molecule has 0 amide bonds. The van der Waals surface area contributed by atoms with Gasteiger partial charge in [-0.2, -0.15) is 9.67 Å². The Morgan fingerprint density at radius 1 is 1.11 bits per heavy atom. The number of carbonyl (C=O) groups excluding carboxylic acids is 1. The molecule has 0 bridgehead atoms. The Morgan fingerprint density at radius 2 is 1.89 bits per heavy atom. The minimum Gasteiger partial charge on any atom is -0.461 e. The molecule has 2 heterocycles. The van der Waals surface area contributed by atoms with E-state index in [2.05, 4.69) is 15.4 Å². The van der Waals surface area contributed by atoms with Crippen molar-refractivity contribution >= 4 is 23.5 Å². The average Bonchev–Trinajstić information content (AvgIpc) is 3.37. The maximum atomic E-state index is 13.0. The molecular weight excluding hydrogens is 376 g/mol. The Labute approximate surface area is 166 Å². The van der Waals surface area contributed by atoms with E-state index < -0.39 is 0 Å². The van der Waals surface area contributed by atoms with Crippen LogP contribution in [0.3, 0.4) is 0 Å². The summed E-state index contributed by atoms with van der Waals surface area (Å²) in [7, 11) is 0. The number of hydrogen-bond donors (Lipinski definition) is 1. The summed E-state index contributed by atoms with van der Waals surface area (Å²) in [5, 5.41) is 8.15. The van der Waals surface area contributed by atoms with E-state index in [1.54, 1.807) is 24.3 Å². The summed E-state index contributed by atoms with van der Waals surface area (Å²) in [4.78, 5) is 17.4. The van der Waals surface area contributed by atoms with Gasteiger partial charge in [-0.3, -0.25) is 4.79 Å². The van der Waals surface area contributed by atoms with E-state index in [1.807, 2.05) is 43.3 Å². The standard InChI is InChI=1S/C21H17ClN4O2/c1-14-8-10-15(11-9-14)20(27)26-21(23-13-16-5-2-3-6-17(16)22)24-19(25-26)18-7-4-12-28-18/h2-12H,13H2,1H3,(H,23,24,25). The highest BCUT2D eigenvalue weighted by atomic mass is 35.5. The van der Waals surface area contributed by atoms with Crippen LogP contribution in [0.1, 0.15) is 21.5 Å². The highest BCUT2D eigenvalue weighted by Crippen LogP contribution is 2.21. The molecule has 140 valence electrons. The zero-order chi connectivity index (χ0) is 19.5. The van der Waals surface area contributed by atoms with Gasteiger partial charge >= 0.3 is 0 Å². The lowest BCUT2D eigenvalue weighted by Crippen LogP contribution is -2.17. The minimum atomic E-state index is -0.285. The zero-order valence-electron chi connectivity index (χ0n) is 15.1. The number of benzene rings is 2. The van der Waals surface area contributed by atoms with Crippen LogP contribution >= 0.6 is 11.6 Å². The second kappa shape index (κ2) is 7.70. The molecule has 7 heteroatoms. The summed E-state index contributed by atoms with van der Waals surface area (Å²) < 4.78 is 6.62. The first-order chi connectivity index (χ1) is 13.6. The van der Waals surface area contributed by atoms with Crippen LogP contribution in [0.2, 0.25) is 5.02 Å². The van der Waals surface area contributed by atoms with E-state index in [-0.39, 0.29) is 5.91 Å². The van der Waals surface area contributed by atoms with Crippen LogP contribution in [0.4, 0.5) is 5.95 Å². The molecule has 0 spiro atoms. The number of rotatable bonds is 5. The number of aromatic nitrogens is 3. The summed E-state index contributed by atoms with van der Waals surface area (Å²) in [5.74, 6) is 0.840. The normalized spacial score (nSPS) is 10.8. The highest BCUT2D eigenvalue weighted by molar-refractivity contribution is 6.31. The Kier molecular flexibility index (Phi) is 4.95. The first-order valence-electron chi connectivity index (χ1n) is 8.71. The van der Waals surface area contributed by atoms with Crippen LogP contribution in [-0.2, 0) is 6.54 Å². The fraction of sp³-hybridized carbons (Fsp3) is 0.0952. The molecule has 0 atom stereocenters. The lowest BCUT2D eigenvalue weighted by molar-refractivity contribution is 0.0947. The first kappa shape index (κ1) is 18.0. The molecule has 0 saturated heterocycles. The van der Waals surface area contributed by atoms with Crippen molar-refractivity contribution < 1.29 is 9.21 Å². The first-order valence-corrected chi connectivity index (χ1v) is 9.09. The SMILES string of the molecule is Cc1ccc(C(=O)n2nc(-c3ccco3)nc2NCc2ccccc2Cl)cc1. The zero-order valence-corrected chi connectivity index (χ0v) is 15.8. The summed E-state index contributed by atoms with van der Waals surface area (Å²) in [6, 6.07) is 18.3. The van der Waals surface area contributed by atoms with E-state index in [0.29, 0.717) is 34.7 Å². The number of furan rings is 1. The third-order valence-electron chi connectivity index (χ3n) is 4.23. The van der Waals surface area contributed by atoms with E-state index in [4.69, 9.17) is 16.0 Å². The van der Waals surface area contributed by atoms with Crippen LogP contribution in [0.25, 0.3) is 11.6 Å². The number of nitrogens with one attached hydrogen (secondary N) is 1. The fourth-order valence-corrected chi connectivity index (χ4v) is 2.92. The molecule has 4 rings (SSSR count). The third-order valence-corrected chi connectivity index (χ3v) is 4.60. The number of hydrogen-bond acceptors (Lipinski definition) is 5. The second-order valence-corrected chi connectivity index (χ2v) is 6.67. The summed E-state index contributed by atoms with van der Waals surface area (Å²) in [5.41, 5.74) is 2.48. The van der Waals surface area contributed by atoms with Crippen LogP contribution in [0, 0.1) is 6.92 Å². The molecule has 0 aliphatic heterocycles. The maximum absolute atomic E-state index is 13.0. The van der Waals surface area contributed by atoms with E-state index in [9.17, 15) is 4.79 Å². The molecule has 0 aliphatic carbocycles. The predicted molar refractivity (Wildman–Crippen MR) is 107 cm³/mol. The molecule has 6 nitrogen and oxygen atoms in total. The number of halogens is 1. The van der Waals surface area contributed by atoms with Gasteiger partial charge in [0.2, 0.25) is 11.8 Å². The van der Waals surface area contributed by atoms with Crippen molar-refractivity contribution in [1.82, 2.24) is 14.8 Å². The fourth-order valence-electron chi connectivity index (χ4n) is 2.71. The van der Waals surface area contributed by atoms with Crippen LogP contribution in [0.5, 0.6) is 0 Å². The quantitative estimate of drug-likeness (QED) is 0.528. The Bertz CT molecular complexity index is 1100. The molecule has 0 fully saturated rings. The average molecular weight is 393 g/mol. The molecule has 0 aliphatic rings. The van der Waals surface area contributed by atoms with Crippen molar-refractivity contribution in [3.05, 3.63) is 88.6 Å². The lowest BCUT2D eigenvalue weighted by Gasteiger charge is -2.08. The summed E-state index contributed by atoms with van der Waals surface area (Å²) in [6.07, 6.45) is 1.54. The number of aryl methyl sites for hydroxylation is 1. The molecule has 2 aromatic heterocycles. The lowest BCUT2D eigenvalue weighted by atomic mass is 10.1. The number of carbonyl (C=O) groups is 1. The van der Waals surface area contributed by atoms with Crippen molar-refractivity contribution in [1.29, 1.82) is 0 Å². The van der Waals surface area contributed by atoms with Crippen LogP contribution in [0.15, 0.2) is 71.3 Å². The minimum absolute atomic E-state index is 0.285. The number of nitrogens with zero attached hydrogens (tertiary/aromatic N) is 3. The van der Waals surface area contributed by atoms with Gasteiger partial charge in [-0.25, -0.2) is 0 Å². The molecule has 1 N–H and O–H groups in total. The Balaban J connectivity index is 1.68. The maximum Gasteiger partial charge on any atom is 0.281 e. The largest absolute Gasteiger partial charge is 0.461 e. The molecule has 4 aromatic rings. The summed E-state index contributed by atoms with van der Waals surface area (Å²) >= 11 is 6.23. The Morgan fingerprint density at radius 3 is 2.61 bits per heavy atom. The van der Waals surface area contributed by atoms with Crippen molar-refractivity contribution in [2.45, 2.75) is 13.5 Å². The van der Waals surface area contributed by atoms with Gasteiger partial charge in [0.1, 0.15) is 0 Å². The van der Waals surface area contributed by atoms with Gasteiger partial charge in [0.15, 0.2) is 5.76 Å². The molecule has 0 saturated carbocycles. The van der Waals surface area contributed by atoms with E-state index in [1.165, 1.54) is 10.9 Å². The van der Waals surface area contributed by atoms with Crippen molar-refractivity contribution in [3.63, 3.8) is 0 Å². The summed E-state index contributed by atoms with van der Waals surface area (Å²) in [6.45, 7) is 2.37. The molecule has 28 heavy (non-hydrogen) atoms. The Hall–Kier alpha value is -3.38. The van der Waals surface area contributed by atoms with Gasteiger partial charge in [-0.15, -0.1) is 5.10 Å². The molecular formula is C21H17ClN4O2. The smallest absolute Gasteiger partial charge is 0.281 e. The van der Waals surface area contributed by atoms with Gasteiger partial charge in [-0.1, -0.05) is 47.5 Å². The molecule has 2 aromatic carbocycles. The van der Waals surface area contributed by atoms with Crippen molar-refractivity contribution in [2.75, 3.05) is 5.32 Å². The van der Waals surface area contributed by atoms with Gasteiger partial charge in [0.25, 0.3) is 5.91 Å². The van der Waals surface area contributed by atoms with Gasteiger partial charge in [0, 0.05) is 17.1 Å². The number of anilines is 1. The molecule has 0 radical (unpaired) electrons.